The molecule has 1 heterocycles. The van der Waals surface area contributed by atoms with Crippen molar-refractivity contribution in [3.63, 3.8) is 0 Å². The third-order valence-electron chi connectivity index (χ3n) is 3.88. The van der Waals surface area contributed by atoms with Crippen LogP contribution in [0.15, 0.2) is 29.5 Å². The van der Waals surface area contributed by atoms with Crippen LogP contribution in [0, 0.1) is 39.8 Å². The van der Waals surface area contributed by atoms with Gasteiger partial charge >= 0.3 is 6.09 Å². The summed E-state index contributed by atoms with van der Waals surface area (Å²) in [5.41, 5.74) is -1.08. The summed E-state index contributed by atoms with van der Waals surface area (Å²) in [5, 5.41) is 29.3. The Bertz CT molecular complexity index is 931. The van der Waals surface area contributed by atoms with Gasteiger partial charge in [-0.1, -0.05) is 0 Å². The lowest BCUT2D eigenvalue weighted by Gasteiger charge is -2.24. The van der Waals surface area contributed by atoms with Crippen LogP contribution in [-0.4, -0.2) is 35.8 Å². The summed E-state index contributed by atoms with van der Waals surface area (Å²) < 4.78 is 25.4. The first-order valence-electron chi connectivity index (χ1n) is 8.82. The van der Waals surface area contributed by atoms with E-state index < -0.39 is 23.1 Å². The van der Waals surface area contributed by atoms with Gasteiger partial charge < -0.3 is 19.7 Å². The summed E-state index contributed by atoms with van der Waals surface area (Å²) in [6.45, 7) is 6.07. The molecule has 0 saturated carbocycles. The highest BCUT2D eigenvalue weighted by Crippen LogP contribution is 2.26. The van der Waals surface area contributed by atoms with Crippen LogP contribution in [0.4, 0.5) is 14.9 Å². The summed E-state index contributed by atoms with van der Waals surface area (Å²) in [5.74, 6) is -0.687. The highest BCUT2D eigenvalue weighted by molar-refractivity contribution is 5.68. The molecule has 1 aromatic carbocycles. The number of benzene rings is 1. The number of hydrogen-bond donors (Lipinski definition) is 1. The minimum atomic E-state index is -0.682. The number of carbonyl (C=O) groups excluding carboxylic acids is 1. The van der Waals surface area contributed by atoms with Crippen molar-refractivity contribution in [2.75, 3.05) is 18.4 Å². The fourth-order valence-corrected chi connectivity index (χ4v) is 2.60. The number of ether oxygens (including phenoxy) is 2. The molecule has 1 unspecified atom stereocenters. The Balaban J connectivity index is 2.03. The van der Waals surface area contributed by atoms with Gasteiger partial charge in [-0.2, -0.15) is 15.8 Å². The van der Waals surface area contributed by atoms with E-state index in [2.05, 4.69) is 5.32 Å². The number of hydrogen-bond acceptors (Lipinski definition) is 7. The molecular weight excluding hydrogens is 377 g/mol. The van der Waals surface area contributed by atoms with Gasteiger partial charge in [0.1, 0.15) is 35.6 Å². The average Bonchev–Trinajstić information content (AvgIpc) is 3.11. The monoisotopic (exact) mass is 397 g/mol. The summed E-state index contributed by atoms with van der Waals surface area (Å²) in [4.78, 5) is 13.6. The van der Waals surface area contributed by atoms with Crippen molar-refractivity contribution in [2.45, 2.75) is 38.9 Å². The first-order chi connectivity index (χ1) is 13.7. The minimum absolute atomic E-state index is 0.00475. The normalized spacial score (nSPS) is 15.5. The molecule has 1 N–H and O–H groups in total. The summed E-state index contributed by atoms with van der Waals surface area (Å²) in [7, 11) is 0. The Kier molecular flexibility index (Phi) is 6.64. The SMILES string of the molecule is CC(C)(C)OC(=O)N1CCC(Oc2ccc(NC(C#N)=C(C#N)C#N)cc2F)C1. The molecule has 9 heteroatoms. The van der Waals surface area contributed by atoms with Gasteiger partial charge in [0.05, 0.1) is 6.54 Å². The lowest BCUT2D eigenvalue weighted by molar-refractivity contribution is 0.0275. The van der Waals surface area contributed by atoms with Crippen LogP contribution in [0.1, 0.15) is 27.2 Å². The zero-order chi connectivity index (χ0) is 21.6. The molecule has 0 aliphatic carbocycles. The minimum Gasteiger partial charge on any atom is -0.485 e. The van der Waals surface area contributed by atoms with E-state index in [4.69, 9.17) is 25.3 Å². The molecule has 150 valence electrons. The van der Waals surface area contributed by atoms with E-state index in [1.165, 1.54) is 17.0 Å². The summed E-state index contributed by atoms with van der Waals surface area (Å²) >= 11 is 0. The van der Waals surface area contributed by atoms with E-state index in [0.29, 0.717) is 13.0 Å². The van der Waals surface area contributed by atoms with E-state index >= 15 is 0 Å². The van der Waals surface area contributed by atoms with E-state index in [1.807, 2.05) is 0 Å². The van der Waals surface area contributed by atoms with E-state index in [-0.39, 0.29) is 29.8 Å². The quantitative estimate of drug-likeness (QED) is 0.772. The predicted octanol–water partition coefficient (Wildman–Crippen LogP) is 3.45. The van der Waals surface area contributed by atoms with Crippen LogP contribution >= 0.6 is 0 Å². The highest BCUT2D eigenvalue weighted by atomic mass is 19.1. The molecule has 0 bridgehead atoms. The maximum absolute atomic E-state index is 14.4. The van der Waals surface area contributed by atoms with E-state index in [9.17, 15) is 9.18 Å². The standard InChI is InChI=1S/C20H20FN5O3/c1-20(2,3)29-19(27)26-7-6-15(12-26)28-18-5-4-14(8-16(18)21)25-17(11-24)13(9-22)10-23/h4-5,8,15,25H,6-7,12H2,1-3H3. The van der Waals surface area contributed by atoms with Gasteiger partial charge in [-0.15, -0.1) is 0 Å². The molecule has 1 fully saturated rings. The Morgan fingerprint density at radius 2 is 1.93 bits per heavy atom. The van der Waals surface area contributed by atoms with Gasteiger partial charge in [0.25, 0.3) is 0 Å². The Morgan fingerprint density at radius 1 is 1.24 bits per heavy atom. The van der Waals surface area contributed by atoms with Crippen molar-refractivity contribution in [2.24, 2.45) is 0 Å². The van der Waals surface area contributed by atoms with Crippen LogP contribution < -0.4 is 10.1 Å². The van der Waals surface area contributed by atoms with Crippen molar-refractivity contribution in [3.8, 4) is 24.0 Å². The fraction of sp³-hybridized carbons (Fsp3) is 0.400. The molecule has 1 atom stereocenters. The smallest absolute Gasteiger partial charge is 0.410 e. The van der Waals surface area contributed by atoms with Crippen LogP contribution in [0.25, 0.3) is 0 Å². The van der Waals surface area contributed by atoms with Crippen LogP contribution in [0.2, 0.25) is 0 Å². The maximum Gasteiger partial charge on any atom is 0.410 e. The summed E-state index contributed by atoms with van der Waals surface area (Å²) in [6, 6.07) is 8.83. The van der Waals surface area contributed by atoms with Gasteiger partial charge in [-0.05, 0) is 32.9 Å². The van der Waals surface area contributed by atoms with Crippen molar-refractivity contribution in [1.29, 1.82) is 15.8 Å². The first kappa shape index (κ1) is 21.5. The molecule has 8 nitrogen and oxygen atoms in total. The molecule has 0 aromatic heterocycles. The highest BCUT2D eigenvalue weighted by Gasteiger charge is 2.31. The van der Waals surface area contributed by atoms with Crippen LogP contribution in [-0.2, 0) is 4.74 Å². The van der Waals surface area contributed by atoms with Gasteiger partial charge in [0, 0.05) is 24.7 Å². The summed E-state index contributed by atoms with van der Waals surface area (Å²) in [6.07, 6.45) is -0.285. The lowest BCUT2D eigenvalue weighted by Crippen LogP contribution is -2.36. The zero-order valence-corrected chi connectivity index (χ0v) is 16.3. The van der Waals surface area contributed by atoms with Crippen molar-refractivity contribution in [1.82, 2.24) is 4.90 Å². The third-order valence-corrected chi connectivity index (χ3v) is 3.88. The zero-order valence-electron chi connectivity index (χ0n) is 16.3. The molecule has 1 aromatic rings. The van der Waals surface area contributed by atoms with Crippen molar-refractivity contribution in [3.05, 3.63) is 35.3 Å². The van der Waals surface area contributed by atoms with Crippen LogP contribution in [0.3, 0.4) is 0 Å². The number of nitrogens with one attached hydrogen (secondary N) is 1. The Labute approximate surface area is 168 Å². The fourth-order valence-electron chi connectivity index (χ4n) is 2.60. The van der Waals surface area contributed by atoms with Crippen molar-refractivity contribution >= 4 is 11.8 Å². The Hall–Kier alpha value is -3.77. The van der Waals surface area contributed by atoms with E-state index in [1.54, 1.807) is 39.0 Å². The van der Waals surface area contributed by atoms with E-state index in [0.717, 1.165) is 6.07 Å². The Morgan fingerprint density at radius 3 is 2.48 bits per heavy atom. The largest absolute Gasteiger partial charge is 0.485 e. The molecule has 29 heavy (non-hydrogen) atoms. The number of amides is 1. The number of nitriles is 3. The van der Waals surface area contributed by atoms with Gasteiger partial charge in [-0.25, -0.2) is 9.18 Å². The van der Waals surface area contributed by atoms with Gasteiger partial charge in [0.2, 0.25) is 0 Å². The number of halogens is 1. The molecule has 0 radical (unpaired) electrons. The number of anilines is 1. The molecule has 1 aliphatic rings. The van der Waals surface area contributed by atoms with Gasteiger partial charge in [0.15, 0.2) is 17.1 Å². The first-order valence-corrected chi connectivity index (χ1v) is 8.82. The third kappa shape index (κ3) is 5.85. The molecule has 1 aliphatic heterocycles. The average molecular weight is 397 g/mol. The predicted molar refractivity (Wildman–Crippen MR) is 101 cm³/mol. The molecular formula is C20H20FN5O3. The second-order valence-electron chi connectivity index (χ2n) is 7.31. The van der Waals surface area contributed by atoms with Gasteiger partial charge in [-0.3, -0.25) is 0 Å². The second kappa shape index (κ2) is 8.95. The molecule has 2 rings (SSSR count). The van der Waals surface area contributed by atoms with Crippen molar-refractivity contribution < 1.29 is 18.7 Å². The number of likely N-dealkylation sites (tertiary alicyclic amines) is 1. The number of carbonyl (C=O) groups is 1. The molecule has 1 saturated heterocycles. The topological polar surface area (TPSA) is 122 Å². The number of nitrogens with zero attached hydrogens (tertiary/aromatic N) is 4. The lowest BCUT2D eigenvalue weighted by atomic mass is 10.2. The maximum atomic E-state index is 14.4. The second-order valence-corrected chi connectivity index (χ2v) is 7.31. The molecule has 0 spiro atoms. The van der Waals surface area contributed by atoms with Crippen LogP contribution in [0.5, 0.6) is 5.75 Å². The number of allylic oxidation sites excluding steroid dienone is 2. The number of rotatable bonds is 4. The molecule has 1 amide bonds.